The molecule has 9 nitrogen and oxygen atoms in total. The fourth-order valence-corrected chi connectivity index (χ4v) is 13.9. The van der Waals surface area contributed by atoms with Crippen LogP contribution in [0.25, 0.3) is 0 Å². The van der Waals surface area contributed by atoms with Crippen LogP contribution >= 0.6 is 0 Å². The van der Waals surface area contributed by atoms with Crippen molar-refractivity contribution in [1.82, 2.24) is 9.78 Å². The first-order valence-electron chi connectivity index (χ1n) is 23.0. The Morgan fingerprint density at radius 1 is 0.855 bits per heavy atom. The van der Waals surface area contributed by atoms with Gasteiger partial charge in [0, 0.05) is 5.92 Å². The minimum Gasteiger partial charge on any atom is -0.461 e. The summed E-state index contributed by atoms with van der Waals surface area (Å²) >= 11 is 0. The zero-order chi connectivity index (χ0) is 44.5. The van der Waals surface area contributed by atoms with Crippen LogP contribution in [0, 0.1) is 57.2 Å². The van der Waals surface area contributed by atoms with E-state index < -0.39 is 39.8 Å². The number of ketones is 1. The molecular weight excluding hydrogens is 777 g/mol. The van der Waals surface area contributed by atoms with Gasteiger partial charge in [0.05, 0.1) is 29.2 Å². The summed E-state index contributed by atoms with van der Waals surface area (Å²) < 4.78 is 19.7. The second-order valence-corrected chi connectivity index (χ2v) is 20.9. The first kappa shape index (κ1) is 43.8. The number of carbonyl (C=O) groups is 4. The summed E-state index contributed by atoms with van der Waals surface area (Å²) in [7, 11) is 0. The normalized spacial score (nSPS) is 36.2. The van der Waals surface area contributed by atoms with E-state index in [9.17, 15) is 14.4 Å². The van der Waals surface area contributed by atoms with Crippen molar-refractivity contribution in [3.63, 3.8) is 0 Å². The molecule has 0 saturated heterocycles. The Balaban J connectivity index is 1.15. The quantitative estimate of drug-likeness (QED) is 0.113. The summed E-state index contributed by atoms with van der Waals surface area (Å²) in [5.74, 6) is -1.46. The molecule has 62 heavy (non-hydrogen) atoms. The van der Waals surface area contributed by atoms with Crippen LogP contribution in [0.4, 0.5) is 0 Å². The maximum absolute atomic E-state index is 15.4. The molecule has 4 fully saturated rings. The van der Waals surface area contributed by atoms with Crippen molar-refractivity contribution in [2.24, 2.45) is 50.2 Å². The summed E-state index contributed by atoms with van der Waals surface area (Å²) in [6.45, 7) is 21.1. The minimum atomic E-state index is -1.11. The summed E-state index contributed by atoms with van der Waals surface area (Å²) in [5, 5.41) is 4.83. The van der Waals surface area contributed by atoms with E-state index in [1.165, 1.54) is 5.57 Å². The lowest BCUT2D eigenvalue weighted by Crippen LogP contribution is -2.67. The van der Waals surface area contributed by atoms with Crippen LogP contribution in [0.5, 0.6) is 0 Å². The van der Waals surface area contributed by atoms with Crippen molar-refractivity contribution >= 4 is 23.7 Å². The van der Waals surface area contributed by atoms with Crippen LogP contribution in [-0.4, -0.2) is 46.7 Å². The fourth-order valence-electron chi connectivity index (χ4n) is 13.9. The number of hydrogen-bond acceptors (Lipinski definition) is 8. The van der Waals surface area contributed by atoms with Crippen LogP contribution < -0.4 is 0 Å². The molecule has 0 bridgehead atoms. The van der Waals surface area contributed by atoms with E-state index in [1.54, 1.807) is 23.7 Å². The Hall–Kier alpha value is -4.79. The minimum absolute atomic E-state index is 0.0333. The fraction of sp³-hybridized carbons (Fsp3) is 0.566. The second kappa shape index (κ2) is 15.8. The standard InChI is InChI=1S/C53H66N2O7/c1-10-30-61-47(59)53(9)41-22-25-52(8)44(50(41,6)24-23-42(53)55-39(31-34(3)54-55)45(57)60-11-2)40(56)32-37-38-33-49(5,27-26-48(38,4)28-29-51(37,52)7)46(58)62-43(35-18-14-12-15-19-35)36-20-16-13-17-21-36/h10,12-21,31-32,38,41-44H,1,11,22-30,33H2,2-9H3/t38-,41?,42-,44+,48+,49-,50-,51+,52+,53-/m0/s1. The highest BCUT2D eigenvalue weighted by molar-refractivity contribution is 5.96. The molecule has 1 unspecified atom stereocenters. The predicted octanol–water partition coefficient (Wildman–Crippen LogP) is 10.9. The van der Waals surface area contributed by atoms with Crippen LogP contribution in [0.1, 0.15) is 146 Å². The van der Waals surface area contributed by atoms with Gasteiger partial charge in [-0.15, -0.1) is 0 Å². The average molecular weight is 843 g/mol. The summed E-state index contributed by atoms with van der Waals surface area (Å²) in [6.07, 6.45) is 9.89. The van der Waals surface area contributed by atoms with E-state index in [0.29, 0.717) is 37.1 Å². The molecule has 2 aromatic carbocycles. The number of benzene rings is 2. The van der Waals surface area contributed by atoms with Crippen molar-refractivity contribution in [3.8, 4) is 0 Å². The number of aromatic nitrogens is 2. The van der Waals surface area contributed by atoms with Gasteiger partial charge in [-0.05, 0) is 142 Å². The SMILES string of the molecule is C=CCOC(=O)[C@@]1(C)C2CC[C@]3(C)[C@H](C(=O)C=C4[C@@H]5C[C@@](C)(C(=O)OC(c6ccccc6)c6ccccc6)CC[C@]5(C)CC[C@]43C)[C@@]2(C)CC[C@@H]1n1nc(C)cc1C(=O)OCC. The van der Waals surface area contributed by atoms with Crippen molar-refractivity contribution in [1.29, 1.82) is 0 Å². The number of fused-ring (bicyclic) bond motifs is 7. The number of aryl methyl sites for hydroxylation is 1. The molecule has 0 aliphatic heterocycles. The molecule has 5 aliphatic rings. The van der Waals surface area contributed by atoms with Crippen molar-refractivity contribution < 1.29 is 33.4 Å². The third kappa shape index (κ3) is 6.65. The molecule has 9 heteroatoms. The van der Waals surface area contributed by atoms with Gasteiger partial charge in [-0.1, -0.05) is 107 Å². The van der Waals surface area contributed by atoms with E-state index in [1.807, 2.05) is 80.6 Å². The number of rotatable bonds is 10. The molecule has 0 radical (unpaired) electrons. The van der Waals surface area contributed by atoms with Crippen LogP contribution in [-0.2, 0) is 28.6 Å². The van der Waals surface area contributed by atoms with Crippen molar-refractivity contribution in [2.45, 2.75) is 125 Å². The van der Waals surface area contributed by atoms with Gasteiger partial charge in [0.2, 0.25) is 0 Å². The summed E-state index contributed by atoms with van der Waals surface area (Å²) in [6, 6.07) is 21.2. The van der Waals surface area contributed by atoms with Crippen molar-refractivity contribution in [3.05, 3.63) is 114 Å². The average Bonchev–Trinajstić information content (AvgIpc) is 3.64. The molecular formula is C53H66N2O7. The number of allylic oxidation sites excluding steroid dienone is 2. The van der Waals surface area contributed by atoms with E-state index in [0.717, 1.165) is 43.2 Å². The molecule has 1 aromatic heterocycles. The Kier molecular flexibility index (Phi) is 11.2. The van der Waals surface area contributed by atoms with Gasteiger partial charge in [0.25, 0.3) is 0 Å². The number of nitrogens with zero attached hydrogens (tertiary/aromatic N) is 2. The van der Waals surface area contributed by atoms with Gasteiger partial charge in [0.1, 0.15) is 12.3 Å². The maximum Gasteiger partial charge on any atom is 0.356 e. The van der Waals surface area contributed by atoms with Gasteiger partial charge >= 0.3 is 17.9 Å². The predicted molar refractivity (Wildman–Crippen MR) is 238 cm³/mol. The van der Waals surface area contributed by atoms with Gasteiger partial charge in [0.15, 0.2) is 11.9 Å². The van der Waals surface area contributed by atoms with E-state index in [-0.39, 0.29) is 59.5 Å². The second-order valence-electron chi connectivity index (χ2n) is 20.9. The Morgan fingerprint density at radius 3 is 2.13 bits per heavy atom. The van der Waals surface area contributed by atoms with Crippen molar-refractivity contribution in [2.75, 3.05) is 13.2 Å². The van der Waals surface area contributed by atoms with E-state index >= 15 is 4.79 Å². The molecule has 1 heterocycles. The highest BCUT2D eigenvalue weighted by atomic mass is 16.5. The molecule has 0 N–H and O–H groups in total. The van der Waals surface area contributed by atoms with Gasteiger partial charge in [-0.25, -0.2) is 4.79 Å². The van der Waals surface area contributed by atoms with E-state index in [4.69, 9.17) is 19.3 Å². The summed E-state index contributed by atoms with van der Waals surface area (Å²) in [5.41, 5.74) is 0.861. The number of carbonyl (C=O) groups excluding carboxylic acids is 4. The molecule has 3 aromatic rings. The molecule has 8 rings (SSSR count). The largest absolute Gasteiger partial charge is 0.461 e. The first-order chi connectivity index (χ1) is 29.4. The topological polar surface area (TPSA) is 114 Å². The third-order valence-corrected chi connectivity index (χ3v) is 17.5. The van der Waals surface area contributed by atoms with Crippen LogP contribution in [0.15, 0.2) is 91.0 Å². The smallest absolute Gasteiger partial charge is 0.356 e. The lowest BCUT2D eigenvalue weighted by molar-refractivity contribution is -0.208. The number of ether oxygens (including phenoxy) is 3. The number of esters is 3. The van der Waals surface area contributed by atoms with Gasteiger partial charge in [-0.3, -0.25) is 19.1 Å². The van der Waals surface area contributed by atoms with Gasteiger partial charge < -0.3 is 14.2 Å². The summed E-state index contributed by atoms with van der Waals surface area (Å²) in [4.78, 5) is 58.0. The highest BCUT2D eigenvalue weighted by Crippen LogP contribution is 2.76. The maximum atomic E-state index is 15.4. The molecule has 4 saturated carbocycles. The zero-order valence-corrected chi connectivity index (χ0v) is 38.1. The Morgan fingerprint density at radius 2 is 1.50 bits per heavy atom. The third-order valence-electron chi connectivity index (χ3n) is 17.5. The molecule has 10 atom stereocenters. The lowest BCUT2D eigenvalue weighted by Gasteiger charge is -2.70. The lowest BCUT2D eigenvalue weighted by atomic mass is 9.33. The first-order valence-corrected chi connectivity index (χ1v) is 23.0. The molecule has 0 amide bonds. The zero-order valence-electron chi connectivity index (χ0n) is 38.1. The molecule has 0 spiro atoms. The van der Waals surface area contributed by atoms with Crippen LogP contribution in [0.3, 0.4) is 0 Å². The van der Waals surface area contributed by atoms with Crippen LogP contribution in [0.2, 0.25) is 0 Å². The Bertz CT molecular complexity index is 2240. The molecule has 5 aliphatic carbocycles. The van der Waals surface area contributed by atoms with Gasteiger partial charge in [-0.2, -0.15) is 5.10 Å². The van der Waals surface area contributed by atoms with E-state index in [2.05, 4.69) is 41.2 Å². The Labute approximate surface area is 368 Å². The number of hydrogen-bond donors (Lipinski definition) is 0. The highest BCUT2D eigenvalue weighted by Gasteiger charge is 2.72. The monoisotopic (exact) mass is 842 g/mol. The molecule has 330 valence electrons.